The molecule has 5 nitrogen and oxygen atoms in total. The monoisotopic (exact) mass is 314 g/mol. The zero-order chi connectivity index (χ0) is 14.5. The van der Waals surface area contributed by atoms with E-state index < -0.39 is 0 Å². The largest absolute Gasteiger partial charge is 0.488 e. The number of thiazole rings is 1. The molecule has 0 saturated heterocycles. The molecule has 20 heavy (non-hydrogen) atoms. The van der Waals surface area contributed by atoms with Gasteiger partial charge >= 0.3 is 0 Å². The van der Waals surface area contributed by atoms with Gasteiger partial charge in [0.15, 0.2) is 5.13 Å². The number of fused-ring (bicyclic) bond motifs is 1. The molecule has 0 aliphatic rings. The van der Waals surface area contributed by atoms with Crippen LogP contribution in [0, 0.1) is 0 Å². The van der Waals surface area contributed by atoms with Gasteiger partial charge in [-0.25, -0.2) is 4.98 Å². The van der Waals surface area contributed by atoms with Crippen LogP contribution in [0.15, 0.2) is 18.2 Å². The second-order valence-corrected chi connectivity index (χ2v) is 5.51. The number of nitrogens with zero attached hydrogens (tertiary/aromatic N) is 1. The van der Waals surface area contributed by atoms with E-state index in [9.17, 15) is 4.79 Å². The van der Waals surface area contributed by atoms with Gasteiger partial charge in [-0.2, -0.15) is 0 Å². The minimum Gasteiger partial charge on any atom is -0.488 e. The molecule has 1 atom stereocenters. The van der Waals surface area contributed by atoms with Gasteiger partial charge in [-0.15, -0.1) is 11.6 Å². The highest BCUT2D eigenvalue weighted by Crippen LogP contribution is 2.29. The number of alkyl halides is 1. The van der Waals surface area contributed by atoms with Gasteiger partial charge in [-0.05, 0) is 25.1 Å². The molecule has 1 aromatic carbocycles. The summed E-state index contributed by atoms with van der Waals surface area (Å²) >= 11 is 6.83. The van der Waals surface area contributed by atoms with E-state index >= 15 is 0 Å². The predicted octanol–water partition coefficient (Wildman–Crippen LogP) is 2.89. The van der Waals surface area contributed by atoms with Gasteiger partial charge in [0.25, 0.3) is 0 Å². The third kappa shape index (κ3) is 3.82. The van der Waals surface area contributed by atoms with Gasteiger partial charge in [0.1, 0.15) is 17.7 Å². The number of halogens is 1. The maximum absolute atomic E-state index is 11.2. The highest BCUT2D eigenvalue weighted by molar-refractivity contribution is 7.22. The summed E-state index contributed by atoms with van der Waals surface area (Å²) in [6.07, 6.45) is -0.0270. The number of methoxy groups -OCH3 is 1. The number of aromatic nitrogens is 1. The van der Waals surface area contributed by atoms with Crippen LogP contribution >= 0.6 is 22.9 Å². The third-order valence-corrected chi connectivity index (χ3v) is 3.64. The van der Waals surface area contributed by atoms with Crippen molar-refractivity contribution < 1.29 is 14.3 Å². The molecule has 0 aliphatic carbocycles. The molecule has 0 saturated carbocycles. The number of nitrogens with one attached hydrogen (secondary N) is 1. The minimum absolute atomic E-state index is 0.0270. The van der Waals surface area contributed by atoms with Gasteiger partial charge in [0.05, 0.1) is 16.8 Å². The Hall–Kier alpha value is -1.37. The van der Waals surface area contributed by atoms with E-state index in [1.165, 1.54) is 11.3 Å². The maximum Gasteiger partial charge on any atom is 0.241 e. The van der Waals surface area contributed by atoms with E-state index in [0.29, 0.717) is 11.7 Å². The zero-order valence-corrected chi connectivity index (χ0v) is 12.8. The minimum atomic E-state index is -0.268. The molecule has 108 valence electrons. The Labute approximate surface area is 125 Å². The van der Waals surface area contributed by atoms with Crippen molar-refractivity contribution in [2.24, 2.45) is 0 Å². The highest BCUT2D eigenvalue weighted by atomic mass is 35.5. The quantitative estimate of drug-likeness (QED) is 0.833. The van der Waals surface area contributed by atoms with Crippen molar-refractivity contribution in [3.63, 3.8) is 0 Å². The topological polar surface area (TPSA) is 60.5 Å². The molecular weight excluding hydrogens is 300 g/mol. The lowest BCUT2D eigenvalue weighted by molar-refractivity contribution is -0.113. The highest BCUT2D eigenvalue weighted by Gasteiger charge is 2.09. The molecular formula is C13H15ClN2O3S. The molecule has 0 spiro atoms. The molecule has 1 aromatic heterocycles. The summed E-state index contributed by atoms with van der Waals surface area (Å²) in [7, 11) is 1.64. The van der Waals surface area contributed by atoms with Crippen LogP contribution < -0.4 is 10.1 Å². The first kappa shape index (κ1) is 15.0. The standard InChI is InChI=1S/C13H15ClN2O3S/c1-8(7-18-2)19-9-3-4-10-11(5-9)20-13(15-10)16-12(17)6-14/h3-5,8H,6-7H2,1-2H3,(H,15,16,17)/t8-/m0/s1. The molecule has 1 heterocycles. The van der Waals surface area contributed by atoms with Crippen LogP contribution in [0.25, 0.3) is 10.2 Å². The summed E-state index contributed by atoms with van der Waals surface area (Å²) in [5.74, 6) is 0.399. The van der Waals surface area contributed by atoms with Gasteiger partial charge in [-0.1, -0.05) is 11.3 Å². The van der Waals surface area contributed by atoms with Crippen molar-refractivity contribution in [2.75, 3.05) is 24.9 Å². The molecule has 0 bridgehead atoms. The van der Waals surface area contributed by atoms with E-state index in [1.807, 2.05) is 25.1 Å². The number of ether oxygens (including phenoxy) is 2. The van der Waals surface area contributed by atoms with Crippen LogP contribution in [0.1, 0.15) is 6.92 Å². The van der Waals surface area contributed by atoms with Crippen molar-refractivity contribution in [1.82, 2.24) is 4.98 Å². The molecule has 1 N–H and O–H groups in total. The van der Waals surface area contributed by atoms with Crippen molar-refractivity contribution in [2.45, 2.75) is 13.0 Å². The van der Waals surface area contributed by atoms with E-state index in [-0.39, 0.29) is 17.9 Å². The Bertz CT molecular complexity index is 602. The van der Waals surface area contributed by atoms with E-state index in [4.69, 9.17) is 21.1 Å². The lowest BCUT2D eigenvalue weighted by atomic mass is 10.3. The van der Waals surface area contributed by atoms with Gasteiger partial charge in [0.2, 0.25) is 5.91 Å². The van der Waals surface area contributed by atoms with Crippen molar-refractivity contribution in [3.05, 3.63) is 18.2 Å². The Kier molecular flexibility index (Phi) is 5.17. The number of carbonyl (C=O) groups is 1. The first-order valence-corrected chi connectivity index (χ1v) is 7.39. The maximum atomic E-state index is 11.2. The number of anilines is 1. The SMILES string of the molecule is COC[C@H](C)Oc1ccc2nc(NC(=O)CCl)sc2c1. The number of rotatable bonds is 6. The first-order valence-electron chi connectivity index (χ1n) is 6.04. The fourth-order valence-electron chi connectivity index (χ4n) is 1.69. The average Bonchev–Trinajstić information content (AvgIpc) is 2.80. The normalized spacial score (nSPS) is 12.3. The second kappa shape index (κ2) is 6.88. The zero-order valence-electron chi connectivity index (χ0n) is 11.2. The number of carbonyl (C=O) groups excluding carboxylic acids is 1. The summed E-state index contributed by atoms with van der Waals surface area (Å²) in [5.41, 5.74) is 0.812. The summed E-state index contributed by atoms with van der Waals surface area (Å²) in [6.45, 7) is 2.46. The Balaban J connectivity index is 2.15. The Morgan fingerprint density at radius 2 is 2.35 bits per heavy atom. The van der Waals surface area contributed by atoms with Crippen LogP contribution in [0.3, 0.4) is 0 Å². The van der Waals surface area contributed by atoms with Crippen molar-refractivity contribution >= 4 is 44.2 Å². The van der Waals surface area contributed by atoms with Gasteiger partial charge < -0.3 is 14.8 Å². The Morgan fingerprint density at radius 3 is 3.05 bits per heavy atom. The summed E-state index contributed by atoms with van der Waals surface area (Å²) < 4.78 is 11.7. The lowest BCUT2D eigenvalue weighted by Crippen LogP contribution is -2.17. The number of hydrogen-bond donors (Lipinski definition) is 1. The summed E-state index contributed by atoms with van der Waals surface area (Å²) in [4.78, 5) is 15.5. The first-order chi connectivity index (χ1) is 9.62. The second-order valence-electron chi connectivity index (χ2n) is 4.21. The van der Waals surface area contributed by atoms with Crippen LogP contribution in [0.2, 0.25) is 0 Å². The molecule has 0 unspecified atom stereocenters. The van der Waals surface area contributed by atoms with Crippen LogP contribution in [-0.2, 0) is 9.53 Å². The fourth-order valence-corrected chi connectivity index (χ4v) is 2.66. The van der Waals surface area contributed by atoms with Crippen LogP contribution in [0.5, 0.6) is 5.75 Å². The van der Waals surface area contributed by atoms with Crippen molar-refractivity contribution in [3.8, 4) is 5.75 Å². The molecule has 0 radical (unpaired) electrons. The average molecular weight is 315 g/mol. The molecule has 1 amide bonds. The fraction of sp³-hybridized carbons (Fsp3) is 0.385. The van der Waals surface area contributed by atoms with E-state index in [2.05, 4.69) is 10.3 Å². The smallest absolute Gasteiger partial charge is 0.241 e. The molecule has 2 aromatic rings. The summed E-state index contributed by atoms with van der Waals surface area (Å²) in [5, 5.41) is 3.17. The molecule has 7 heteroatoms. The number of amides is 1. The molecule has 2 rings (SSSR count). The lowest BCUT2D eigenvalue weighted by Gasteiger charge is -2.13. The Morgan fingerprint density at radius 1 is 1.55 bits per heavy atom. The van der Waals surface area contributed by atoms with E-state index in [1.54, 1.807) is 7.11 Å². The van der Waals surface area contributed by atoms with Crippen LogP contribution in [-0.4, -0.2) is 36.6 Å². The predicted molar refractivity (Wildman–Crippen MR) is 80.9 cm³/mol. The third-order valence-electron chi connectivity index (χ3n) is 2.47. The van der Waals surface area contributed by atoms with Gasteiger partial charge in [-0.3, -0.25) is 4.79 Å². The van der Waals surface area contributed by atoms with E-state index in [0.717, 1.165) is 16.0 Å². The number of hydrogen-bond acceptors (Lipinski definition) is 5. The van der Waals surface area contributed by atoms with Gasteiger partial charge in [0, 0.05) is 7.11 Å². The van der Waals surface area contributed by atoms with Crippen LogP contribution in [0.4, 0.5) is 5.13 Å². The molecule has 0 fully saturated rings. The summed E-state index contributed by atoms with van der Waals surface area (Å²) in [6, 6.07) is 5.61. The molecule has 0 aliphatic heterocycles. The van der Waals surface area contributed by atoms with Crippen molar-refractivity contribution in [1.29, 1.82) is 0 Å². The number of benzene rings is 1.